The number of furan rings is 1. The van der Waals surface area contributed by atoms with E-state index in [2.05, 4.69) is 4.72 Å². The second-order valence-corrected chi connectivity index (χ2v) is 8.98. The van der Waals surface area contributed by atoms with E-state index in [0.717, 1.165) is 24.3 Å². The number of nitrogens with one attached hydrogen (secondary N) is 1. The van der Waals surface area contributed by atoms with Crippen LogP contribution in [0.4, 0.5) is 4.39 Å². The minimum absolute atomic E-state index is 0.105. The fraction of sp³-hybridized carbons (Fsp3) is 0.286. The summed E-state index contributed by atoms with van der Waals surface area (Å²) in [5.74, 6) is -0.632. The van der Waals surface area contributed by atoms with Crippen LogP contribution in [-0.2, 0) is 19.9 Å². The summed E-state index contributed by atoms with van der Waals surface area (Å²) in [6.07, 6.45) is 1.30. The molecular formula is C14H16FNO5S2. The number of halogens is 1. The Labute approximate surface area is 134 Å². The van der Waals surface area contributed by atoms with E-state index in [4.69, 9.17) is 4.42 Å². The summed E-state index contributed by atoms with van der Waals surface area (Å²) >= 11 is 0. The van der Waals surface area contributed by atoms with Crippen molar-refractivity contribution in [3.05, 3.63) is 54.2 Å². The van der Waals surface area contributed by atoms with Crippen molar-refractivity contribution in [2.24, 2.45) is 0 Å². The molecule has 2 rings (SSSR count). The summed E-state index contributed by atoms with van der Waals surface area (Å²) in [5, 5.41) is -1.25. The van der Waals surface area contributed by atoms with Crippen molar-refractivity contribution in [3.8, 4) is 0 Å². The zero-order valence-corrected chi connectivity index (χ0v) is 13.9. The van der Waals surface area contributed by atoms with Gasteiger partial charge >= 0.3 is 0 Å². The first-order valence-electron chi connectivity index (χ1n) is 6.76. The van der Waals surface area contributed by atoms with Crippen LogP contribution in [0.5, 0.6) is 0 Å². The van der Waals surface area contributed by atoms with Crippen molar-refractivity contribution < 1.29 is 25.6 Å². The van der Waals surface area contributed by atoms with Gasteiger partial charge in [-0.1, -0.05) is 0 Å². The van der Waals surface area contributed by atoms with Gasteiger partial charge in [-0.25, -0.2) is 25.9 Å². The third kappa shape index (κ3) is 4.18. The van der Waals surface area contributed by atoms with E-state index in [1.807, 2.05) is 0 Å². The molecule has 1 aromatic carbocycles. The van der Waals surface area contributed by atoms with Gasteiger partial charge in [-0.2, -0.15) is 0 Å². The highest BCUT2D eigenvalue weighted by molar-refractivity contribution is 7.92. The predicted molar refractivity (Wildman–Crippen MR) is 82.5 cm³/mol. The van der Waals surface area contributed by atoms with E-state index in [-0.39, 0.29) is 23.0 Å². The minimum atomic E-state index is -3.96. The normalized spacial score (nSPS) is 13.8. The fourth-order valence-corrected chi connectivity index (χ4v) is 4.25. The third-order valence-electron chi connectivity index (χ3n) is 3.25. The molecule has 23 heavy (non-hydrogen) atoms. The van der Waals surface area contributed by atoms with Crippen LogP contribution in [0.1, 0.15) is 17.9 Å². The second-order valence-electron chi connectivity index (χ2n) is 4.75. The lowest BCUT2D eigenvalue weighted by Crippen LogP contribution is -2.32. The summed E-state index contributed by atoms with van der Waals surface area (Å²) in [7, 11) is -7.53. The molecule has 0 aliphatic rings. The summed E-state index contributed by atoms with van der Waals surface area (Å²) in [6.45, 7) is 1.07. The average molecular weight is 361 g/mol. The predicted octanol–water partition coefficient (Wildman–Crippen LogP) is 1.87. The lowest BCUT2D eigenvalue weighted by Gasteiger charge is -2.16. The first kappa shape index (κ1) is 17.6. The van der Waals surface area contributed by atoms with E-state index in [0.29, 0.717) is 0 Å². The Morgan fingerprint density at radius 2 is 1.78 bits per heavy atom. The lowest BCUT2D eigenvalue weighted by atomic mass is 10.3. The van der Waals surface area contributed by atoms with Gasteiger partial charge in [0, 0.05) is 6.54 Å². The highest BCUT2D eigenvalue weighted by atomic mass is 32.2. The summed E-state index contributed by atoms with van der Waals surface area (Å²) in [4.78, 5) is -0.115. The lowest BCUT2D eigenvalue weighted by molar-refractivity contribution is 0.486. The quantitative estimate of drug-likeness (QED) is 0.760. The second kappa shape index (κ2) is 6.81. The van der Waals surface area contributed by atoms with E-state index < -0.39 is 30.9 Å². The van der Waals surface area contributed by atoms with Gasteiger partial charge in [0.1, 0.15) is 16.8 Å². The Kier molecular flexibility index (Phi) is 5.23. The number of benzene rings is 1. The van der Waals surface area contributed by atoms with Gasteiger partial charge in [-0.05, 0) is 43.3 Å². The van der Waals surface area contributed by atoms with Gasteiger partial charge in [0.15, 0.2) is 9.84 Å². The van der Waals surface area contributed by atoms with Gasteiger partial charge in [0.25, 0.3) is 0 Å². The monoisotopic (exact) mass is 361 g/mol. The Balaban J connectivity index is 2.39. The minimum Gasteiger partial charge on any atom is -0.468 e. The third-order valence-corrected chi connectivity index (χ3v) is 6.69. The van der Waals surface area contributed by atoms with Crippen molar-refractivity contribution in [1.29, 1.82) is 0 Å². The maximum absolute atomic E-state index is 13.0. The highest BCUT2D eigenvalue weighted by Crippen LogP contribution is 2.29. The van der Waals surface area contributed by atoms with E-state index in [9.17, 15) is 21.2 Å². The molecule has 1 atom stereocenters. The van der Waals surface area contributed by atoms with Crippen molar-refractivity contribution in [1.82, 2.24) is 4.72 Å². The molecule has 0 fully saturated rings. The molecule has 1 aromatic heterocycles. The molecule has 0 radical (unpaired) electrons. The molecule has 0 aliphatic heterocycles. The van der Waals surface area contributed by atoms with Crippen LogP contribution in [0.2, 0.25) is 0 Å². The molecular weight excluding hydrogens is 345 g/mol. The van der Waals surface area contributed by atoms with Crippen LogP contribution in [-0.4, -0.2) is 29.1 Å². The first-order chi connectivity index (χ1) is 10.8. The average Bonchev–Trinajstić information content (AvgIpc) is 3.01. The van der Waals surface area contributed by atoms with Crippen LogP contribution >= 0.6 is 0 Å². The van der Waals surface area contributed by atoms with Crippen molar-refractivity contribution in [2.75, 3.05) is 12.3 Å². The Morgan fingerprint density at radius 3 is 2.30 bits per heavy atom. The van der Waals surface area contributed by atoms with Gasteiger partial charge in [0.2, 0.25) is 10.0 Å². The van der Waals surface area contributed by atoms with Gasteiger partial charge < -0.3 is 4.42 Å². The molecule has 0 spiro atoms. The molecule has 126 valence electrons. The van der Waals surface area contributed by atoms with Crippen LogP contribution in [0.15, 0.2) is 52.0 Å². The number of sulfonamides is 1. The molecule has 0 saturated carbocycles. The largest absolute Gasteiger partial charge is 0.468 e. The van der Waals surface area contributed by atoms with Gasteiger partial charge in [-0.15, -0.1) is 0 Å². The maximum atomic E-state index is 13.0. The zero-order chi connectivity index (χ0) is 17.1. The van der Waals surface area contributed by atoms with E-state index in [1.165, 1.54) is 25.3 Å². The zero-order valence-electron chi connectivity index (χ0n) is 12.3. The molecule has 0 aliphatic carbocycles. The van der Waals surface area contributed by atoms with Crippen LogP contribution in [0.3, 0.4) is 0 Å². The van der Waals surface area contributed by atoms with Crippen LogP contribution < -0.4 is 4.72 Å². The molecule has 0 unspecified atom stereocenters. The molecule has 0 amide bonds. The van der Waals surface area contributed by atoms with Crippen LogP contribution in [0.25, 0.3) is 0 Å². The fourth-order valence-electron chi connectivity index (χ4n) is 1.93. The molecule has 6 nitrogen and oxygen atoms in total. The SMILES string of the molecule is CCS(=O)(=O)NC[C@@H](c1ccco1)S(=O)(=O)c1ccc(F)cc1. The van der Waals surface area contributed by atoms with Crippen molar-refractivity contribution in [3.63, 3.8) is 0 Å². The first-order valence-corrected chi connectivity index (χ1v) is 9.96. The molecule has 0 saturated heterocycles. The molecule has 1 N–H and O–H groups in total. The standard InChI is InChI=1S/C14H16FNO5S2/c1-2-22(17,18)16-10-14(13-4-3-9-21-13)23(19,20)12-7-5-11(15)6-8-12/h3-9,14,16H,2,10H2,1H3/t14-/m0/s1. The number of rotatable bonds is 7. The van der Waals surface area contributed by atoms with Crippen LogP contribution in [0, 0.1) is 5.82 Å². The Hall–Kier alpha value is -1.71. The van der Waals surface area contributed by atoms with Gasteiger partial charge in [-0.3, -0.25) is 0 Å². The summed E-state index contributed by atoms with van der Waals surface area (Å²) in [6, 6.07) is 7.29. The smallest absolute Gasteiger partial charge is 0.211 e. The maximum Gasteiger partial charge on any atom is 0.211 e. The number of hydrogen-bond donors (Lipinski definition) is 1. The summed E-state index contributed by atoms with van der Waals surface area (Å²) < 4.78 is 69.0. The molecule has 9 heteroatoms. The highest BCUT2D eigenvalue weighted by Gasteiger charge is 2.32. The van der Waals surface area contributed by atoms with Crippen molar-refractivity contribution in [2.45, 2.75) is 17.1 Å². The molecule has 0 bridgehead atoms. The Bertz CT molecular complexity index is 843. The topological polar surface area (TPSA) is 93.4 Å². The van der Waals surface area contributed by atoms with E-state index >= 15 is 0 Å². The number of hydrogen-bond acceptors (Lipinski definition) is 5. The molecule has 2 aromatic rings. The molecule has 1 heterocycles. The van der Waals surface area contributed by atoms with E-state index in [1.54, 1.807) is 0 Å². The van der Waals surface area contributed by atoms with Gasteiger partial charge in [0.05, 0.1) is 16.9 Å². The Morgan fingerprint density at radius 1 is 1.13 bits per heavy atom. The van der Waals surface area contributed by atoms with Crippen molar-refractivity contribution >= 4 is 19.9 Å². The summed E-state index contributed by atoms with van der Waals surface area (Å²) in [5.41, 5.74) is 0. The number of sulfone groups is 1.